The second-order valence-electron chi connectivity index (χ2n) is 6.84. The molecule has 3 N–H and O–H groups in total. The van der Waals surface area contributed by atoms with Gasteiger partial charge in [0.2, 0.25) is 0 Å². The maximum atomic E-state index is 10.5. The highest BCUT2D eigenvalue weighted by molar-refractivity contribution is 14.0. The Labute approximate surface area is 172 Å². The number of hydrogen-bond donors (Lipinski definition) is 3. The summed E-state index contributed by atoms with van der Waals surface area (Å²) < 4.78 is 5.30. The Hall–Kier alpha value is -1.54. The van der Waals surface area contributed by atoms with E-state index in [0.29, 0.717) is 17.6 Å². The zero-order valence-electron chi connectivity index (χ0n) is 15.3. The van der Waals surface area contributed by atoms with Gasteiger partial charge in [0.05, 0.1) is 12.8 Å². The summed E-state index contributed by atoms with van der Waals surface area (Å²) in [5.74, 6) is 2.53. The van der Waals surface area contributed by atoms with Crippen LogP contribution in [0.2, 0.25) is 0 Å². The molecule has 1 aromatic heterocycles. The van der Waals surface area contributed by atoms with Crippen LogP contribution in [-0.4, -0.2) is 30.7 Å². The van der Waals surface area contributed by atoms with Gasteiger partial charge in [-0.2, -0.15) is 0 Å². The molecule has 3 unspecified atom stereocenters. The molecule has 26 heavy (non-hydrogen) atoms. The summed E-state index contributed by atoms with van der Waals surface area (Å²) in [5.41, 5.74) is 0.301. The van der Waals surface area contributed by atoms with Crippen molar-refractivity contribution in [2.75, 3.05) is 19.6 Å². The maximum absolute atomic E-state index is 10.5. The summed E-state index contributed by atoms with van der Waals surface area (Å²) >= 11 is 0. The van der Waals surface area contributed by atoms with Gasteiger partial charge in [0, 0.05) is 13.1 Å². The third-order valence-electron chi connectivity index (χ3n) is 4.62. The number of hydrogen-bond acceptors (Lipinski definition) is 3. The highest BCUT2D eigenvalue weighted by Crippen LogP contribution is 2.46. The molecule has 142 valence electrons. The molecule has 1 aliphatic carbocycles. The normalized spacial score (nSPS) is 21.4. The van der Waals surface area contributed by atoms with E-state index in [4.69, 9.17) is 4.42 Å². The van der Waals surface area contributed by atoms with Gasteiger partial charge in [0.1, 0.15) is 11.4 Å². The monoisotopic (exact) mass is 469 g/mol. The van der Waals surface area contributed by atoms with E-state index in [0.717, 1.165) is 19.0 Å². The Morgan fingerprint density at radius 3 is 2.65 bits per heavy atom. The topological polar surface area (TPSA) is 69.8 Å². The summed E-state index contributed by atoms with van der Waals surface area (Å²) in [5, 5.41) is 17.1. The van der Waals surface area contributed by atoms with E-state index < -0.39 is 5.60 Å². The smallest absolute Gasteiger partial charge is 0.191 e. The van der Waals surface area contributed by atoms with Gasteiger partial charge < -0.3 is 20.2 Å². The van der Waals surface area contributed by atoms with Gasteiger partial charge in [-0.3, -0.25) is 0 Å². The highest BCUT2D eigenvalue weighted by atomic mass is 127. The SMILES string of the molecule is CCNC(=NCC(C)(O)c1ccco1)NCC1CC1c1ccccc1.I. The molecule has 0 aliphatic heterocycles. The summed E-state index contributed by atoms with van der Waals surface area (Å²) in [6, 6.07) is 14.2. The summed E-state index contributed by atoms with van der Waals surface area (Å²) in [7, 11) is 0. The van der Waals surface area contributed by atoms with Gasteiger partial charge in [-0.05, 0) is 49.8 Å². The largest absolute Gasteiger partial charge is 0.466 e. The van der Waals surface area contributed by atoms with Crippen LogP contribution < -0.4 is 10.6 Å². The quantitative estimate of drug-likeness (QED) is 0.330. The van der Waals surface area contributed by atoms with Crippen molar-refractivity contribution in [2.45, 2.75) is 31.8 Å². The lowest BCUT2D eigenvalue weighted by molar-refractivity contribution is 0.0437. The predicted molar refractivity (Wildman–Crippen MR) is 115 cm³/mol. The van der Waals surface area contributed by atoms with E-state index in [1.165, 1.54) is 12.0 Å². The number of guanidine groups is 1. The highest BCUT2D eigenvalue weighted by Gasteiger charge is 2.37. The molecule has 3 rings (SSSR count). The summed E-state index contributed by atoms with van der Waals surface area (Å²) in [6.45, 7) is 5.65. The first kappa shape index (κ1) is 20.8. The Morgan fingerprint density at radius 1 is 1.23 bits per heavy atom. The molecule has 0 radical (unpaired) electrons. The second-order valence-corrected chi connectivity index (χ2v) is 6.84. The van der Waals surface area contributed by atoms with Crippen LogP contribution in [0.3, 0.4) is 0 Å². The number of aliphatic hydroxyl groups is 1. The number of furan rings is 1. The van der Waals surface area contributed by atoms with Crippen molar-refractivity contribution in [3.8, 4) is 0 Å². The molecule has 1 saturated carbocycles. The molecule has 6 heteroatoms. The lowest BCUT2D eigenvalue weighted by Gasteiger charge is -2.19. The van der Waals surface area contributed by atoms with E-state index in [2.05, 4.69) is 46.0 Å². The fraction of sp³-hybridized carbons (Fsp3) is 0.450. The summed E-state index contributed by atoms with van der Waals surface area (Å²) in [6.07, 6.45) is 2.77. The van der Waals surface area contributed by atoms with Crippen LogP contribution in [0.5, 0.6) is 0 Å². The molecular formula is C20H28IN3O2. The molecule has 3 atom stereocenters. The van der Waals surface area contributed by atoms with Crippen molar-refractivity contribution in [1.29, 1.82) is 0 Å². The van der Waals surface area contributed by atoms with Gasteiger partial charge in [0.25, 0.3) is 0 Å². The van der Waals surface area contributed by atoms with Crippen molar-refractivity contribution in [3.63, 3.8) is 0 Å². The van der Waals surface area contributed by atoms with Gasteiger partial charge in [0.15, 0.2) is 5.96 Å². The zero-order chi connectivity index (χ0) is 17.7. The third kappa shape index (κ3) is 5.48. The first-order chi connectivity index (χ1) is 12.1. The fourth-order valence-corrected chi connectivity index (χ4v) is 3.05. The summed E-state index contributed by atoms with van der Waals surface area (Å²) in [4.78, 5) is 4.52. The van der Waals surface area contributed by atoms with Crippen LogP contribution in [0, 0.1) is 5.92 Å². The van der Waals surface area contributed by atoms with E-state index in [-0.39, 0.29) is 30.5 Å². The first-order valence-corrected chi connectivity index (χ1v) is 8.93. The Morgan fingerprint density at radius 2 is 2.00 bits per heavy atom. The average molecular weight is 469 g/mol. The van der Waals surface area contributed by atoms with Crippen LogP contribution >= 0.6 is 24.0 Å². The van der Waals surface area contributed by atoms with Crippen molar-refractivity contribution in [1.82, 2.24) is 10.6 Å². The zero-order valence-corrected chi connectivity index (χ0v) is 17.6. The molecule has 1 aliphatic rings. The van der Waals surface area contributed by atoms with Gasteiger partial charge in [-0.1, -0.05) is 30.3 Å². The molecule has 1 fully saturated rings. The number of aliphatic imine (C=N–C) groups is 1. The van der Waals surface area contributed by atoms with E-state index in [1.54, 1.807) is 25.3 Å². The molecule has 0 bridgehead atoms. The van der Waals surface area contributed by atoms with Gasteiger partial charge in [-0.15, -0.1) is 24.0 Å². The Kier molecular flexibility index (Phi) is 7.52. The first-order valence-electron chi connectivity index (χ1n) is 8.93. The fourth-order valence-electron chi connectivity index (χ4n) is 3.05. The molecule has 2 aromatic rings. The third-order valence-corrected chi connectivity index (χ3v) is 4.62. The number of rotatable bonds is 7. The van der Waals surface area contributed by atoms with E-state index in [1.807, 2.05) is 6.92 Å². The Bertz CT molecular complexity index is 686. The molecule has 1 aromatic carbocycles. The number of nitrogens with one attached hydrogen (secondary N) is 2. The number of halogens is 1. The van der Waals surface area contributed by atoms with Gasteiger partial charge >= 0.3 is 0 Å². The molecular weight excluding hydrogens is 441 g/mol. The molecule has 0 spiro atoms. The van der Waals surface area contributed by atoms with Crippen molar-refractivity contribution < 1.29 is 9.52 Å². The standard InChI is InChI=1S/C20H27N3O2.HI/c1-3-21-19(23-14-20(2,24)18-10-7-11-25-18)22-13-16-12-17(16)15-8-5-4-6-9-15;/h4-11,16-17,24H,3,12-14H2,1-2H3,(H2,21,22,23);1H. The average Bonchev–Trinajstić information content (AvgIpc) is 3.17. The predicted octanol–water partition coefficient (Wildman–Crippen LogP) is 3.46. The molecule has 5 nitrogen and oxygen atoms in total. The van der Waals surface area contributed by atoms with Crippen LogP contribution in [0.25, 0.3) is 0 Å². The maximum Gasteiger partial charge on any atom is 0.191 e. The minimum Gasteiger partial charge on any atom is -0.466 e. The van der Waals surface area contributed by atoms with Gasteiger partial charge in [-0.25, -0.2) is 4.99 Å². The van der Waals surface area contributed by atoms with Crippen molar-refractivity contribution >= 4 is 29.9 Å². The number of nitrogens with zero attached hydrogens (tertiary/aromatic N) is 1. The van der Waals surface area contributed by atoms with Crippen LogP contribution in [-0.2, 0) is 5.60 Å². The van der Waals surface area contributed by atoms with E-state index >= 15 is 0 Å². The minimum absolute atomic E-state index is 0. The Balaban J connectivity index is 0.00000243. The molecule has 0 saturated heterocycles. The lowest BCUT2D eigenvalue weighted by atomic mass is 10.0. The minimum atomic E-state index is -1.11. The second kappa shape index (κ2) is 9.41. The van der Waals surface area contributed by atoms with Crippen LogP contribution in [0.4, 0.5) is 0 Å². The van der Waals surface area contributed by atoms with Crippen LogP contribution in [0.1, 0.15) is 37.5 Å². The van der Waals surface area contributed by atoms with Crippen molar-refractivity contribution in [2.24, 2.45) is 10.9 Å². The molecule has 0 amide bonds. The lowest BCUT2D eigenvalue weighted by Crippen LogP contribution is -2.39. The van der Waals surface area contributed by atoms with Crippen LogP contribution in [0.15, 0.2) is 58.1 Å². The van der Waals surface area contributed by atoms with E-state index in [9.17, 15) is 5.11 Å². The number of benzene rings is 1. The molecule has 1 heterocycles. The van der Waals surface area contributed by atoms with Crippen molar-refractivity contribution in [3.05, 3.63) is 60.1 Å².